The lowest BCUT2D eigenvalue weighted by Gasteiger charge is -2.20. The summed E-state index contributed by atoms with van der Waals surface area (Å²) in [4.78, 5) is 0. The number of nitrogens with two attached hydrogens (primary N) is 1. The molecular formula is C8H12N2. The molecule has 0 aromatic carbocycles. The summed E-state index contributed by atoms with van der Waals surface area (Å²) in [5, 5.41) is 8.45. The third-order valence-corrected chi connectivity index (χ3v) is 1.41. The molecule has 0 rings (SSSR count). The average molecular weight is 136 g/mol. The van der Waals surface area contributed by atoms with Crippen molar-refractivity contribution in [2.75, 3.05) is 0 Å². The molecule has 0 bridgehead atoms. The highest BCUT2D eigenvalue weighted by Crippen LogP contribution is 2.19. The highest BCUT2D eigenvalue weighted by Gasteiger charge is 2.22. The zero-order chi connectivity index (χ0) is 8.20. The number of rotatable bonds is 2. The second-order valence-corrected chi connectivity index (χ2v) is 2.78. The van der Waals surface area contributed by atoms with Crippen LogP contribution in [0.15, 0.2) is 18.4 Å². The van der Waals surface area contributed by atoms with Crippen LogP contribution >= 0.6 is 0 Å². The molecule has 0 aromatic rings. The predicted molar refractivity (Wildman–Crippen MR) is 41.1 cm³/mol. The van der Waals surface area contributed by atoms with E-state index in [0.29, 0.717) is 0 Å². The van der Waals surface area contributed by atoms with Crippen LogP contribution in [0.1, 0.15) is 13.8 Å². The molecule has 2 N–H and O–H groups in total. The highest BCUT2D eigenvalue weighted by molar-refractivity contribution is 5.06. The molecule has 1 unspecified atom stereocenters. The summed E-state index contributed by atoms with van der Waals surface area (Å²) >= 11 is 0. The summed E-state index contributed by atoms with van der Waals surface area (Å²) in [7, 11) is 0. The van der Waals surface area contributed by atoms with Gasteiger partial charge in [-0.05, 0) is 6.08 Å². The van der Waals surface area contributed by atoms with Gasteiger partial charge < -0.3 is 5.73 Å². The molecule has 0 spiro atoms. The number of nitrogens with zero attached hydrogens (tertiary/aromatic N) is 1. The first-order valence-electron chi connectivity index (χ1n) is 3.07. The van der Waals surface area contributed by atoms with E-state index in [9.17, 15) is 0 Å². The van der Waals surface area contributed by atoms with Crippen molar-refractivity contribution in [1.82, 2.24) is 0 Å². The fourth-order valence-corrected chi connectivity index (χ4v) is 0.519. The molecule has 0 aromatic heterocycles. The van der Waals surface area contributed by atoms with Crippen molar-refractivity contribution in [2.45, 2.75) is 19.9 Å². The van der Waals surface area contributed by atoms with Crippen molar-refractivity contribution in [2.24, 2.45) is 11.1 Å². The molecule has 0 aliphatic rings. The van der Waals surface area contributed by atoms with Gasteiger partial charge in [-0.3, -0.25) is 0 Å². The minimum Gasteiger partial charge on any atom is -0.315 e. The number of hydrogen-bond acceptors (Lipinski definition) is 2. The Morgan fingerprint density at radius 2 is 2.20 bits per heavy atom. The molecule has 1 atom stereocenters. The Morgan fingerprint density at radius 3 is 2.50 bits per heavy atom. The number of hydrogen-bond donors (Lipinski definition) is 1. The lowest BCUT2D eigenvalue weighted by Crippen LogP contribution is -2.34. The van der Waals surface area contributed by atoms with Gasteiger partial charge in [0.05, 0.1) is 6.07 Å². The molecule has 0 amide bonds. The van der Waals surface area contributed by atoms with Crippen molar-refractivity contribution >= 4 is 0 Å². The molecule has 0 saturated heterocycles. The van der Waals surface area contributed by atoms with Gasteiger partial charge >= 0.3 is 0 Å². The summed E-state index contributed by atoms with van der Waals surface area (Å²) in [6.45, 7) is 7.17. The summed E-state index contributed by atoms with van der Waals surface area (Å²) in [6, 6.07) is 1.48. The van der Waals surface area contributed by atoms with Crippen LogP contribution < -0.4 is 5.73 Å². The lowest BCUT2D eigenvalue weighted by atomic mass is 9.86. The first-order valence-corrected chi connectivity index (χ1v) is 3.07. The maximum atomic E-state index is 8.45. The Labute approximate surface area is 61.6 Å². The van der Waals surface area contributed by atoms with E-state index in [1.807, 2.05) is 19.9 Å². The van der Waals surface area contributed by atoms with Crippen LogP contribution in [0.3, 0.4) is 0 Å². The Balaban J connectivity index is 4.42. The Bertz CT molecular complexity index is 192. The van der Waals surface area contributed by atoms with Gasteiger partial charge in [-0.2, -0.15) is 5.26 Å². The Hall–Kier alpha value is -1.03. The van der Waals surface area contributed by atoms with Gasteiger partial charge in [0, 0.05) is 5.41 Å². The normalized spacial score (nSPS) is 13.0. The minimum atomic E-state index is -0.484. The summed E-state index contributed by atoms with van der Waals surface area (Å²) in [6.07, 6.45) is 1.71. The van der Waals surface area contributed by atoms with Crippen molar-refractivity contribution in [3.05, 3.63) is 18.4 Å². The zero-order valence-electron chi connectivity index (χ0n) is 6.39. The van der Waals surface area contributed by atoms with Gasteiger partial charge in [-0.15, -0.1) is 5.73 Å². The Morgan fingerprint density at radius 1 is 1.70 bits per heavy atom. The van der Waals surface area contributed by atoms with E-state index in [0.717, 1.165) is 0 Å². The van der Waals surface area contributed by atoms with E-state index in [4.69, 9.17) is 11.0 Å². The van der Waals surface area contributed by atoms with Gasteiger partial charge in [0.2, 0.25) is 0 Å². The molecule has 54 valence electrons. The van der Waals surface area contributed by atoms with Crippen LogP contribution in [0.4, 0.5) is 0 Å². The predicted octanol–water partition coefficient (Wildman–Crippen LogP) is 1.20. The second-order valence-electron chi connectivity index (χ2n) is 2.78. The van der Waals surface area contributed by atoms with Crippen LogP contribution in [0.2, 0.25) is 0 Å². The van der Waals surface area contributed by atoms with Crippen molar-refractivity contribution in [3.8, 4) is 6.07 Å². The van der Waals surface area contributed by atoms with Gasteiger partial charge in [-0.25, -0.2) is 0 Å². The topological polar surface area (TPSA) is 49.8 Å². The monoisotopic (exact) mass is 136 g/mol. The molecule has 0 aliphatic heterocycles. The van der Waals surface area contributed by atoms with E-state index < -0.39 is 6.04 Å². The average Bonchev–Trinajstić information content (AvgIpc) is 1.86. The Kier molecular flexibility index (Phi) is 2.89. The molecule has 0 aliphatic carbocycles. The summed E-state index contributed by atoms with van der Waals surface area (Å²) in [5.74, 6) is 0. The van der Waals surface area contributed by atoms with E-state index >= 15 is 0 Å². The maximum Gasteiger partial charge on any atom is 0.102 e. The van der Waals surface area contributed by atoms with Crippen LogP contribution in [0.25, 0.3) is 0 Å². The largest absolute Gasteiger partial charge is 0.315 e. The summed E-state index contributed by atoms with van der Waals surface area (Å²) in [5.41, 5.74) is 7.77. The third kappa shape index (κ3) is 2.06. The van der Waals surface area contributed by atoms with Gasteiger partial charge in [0.25, 0.3) is 0 Å². The molecular weight excluding hydrogens is 124 g/mol. The molecule has 10 heavy (non-hydrogen) atoms. The molecule has 0 radical (unpaired) electrons. The molecule has 0 saturated carbocycles. The molecule has 0 heterocycles. The van der Waals surface area contributed by atoms with Crippen molar-refractivity contribution in [1.29, 1.82) is 5.26 Å². The van der Waals surface area contributed by atoms with E-state index in [1.165, 1.54) is 0 Å². The third-order valence-electron chi connectivity index (χ3n) is 1.41. The minimum absolute atomic E-state index is 0.323. The molecule has 2 heteroatoms. The van der Waals surface area contributed by atoms with Crippen LogP contribution in [0.5, 0.6) is 0 Å². The van der Waals surface area contributed by atoms with Crippen LogP contribution in [-0.2, 0) is 0 Å². The molecule has 0 fully saturated rings. The maximum absolute atomic E-state index is 8.45. The quantitative estimate of drug-likeness (QED) is 0.580. The lowest BCUT2D eigenvalue weighted by molar-refractivity contribution is 0.432. The van der Waals surface area contributed by atoms with Crippen LogP contribution in [0, 0.1) is 16.7 Å². The smallest absolute Gasteiger partial charge is 0.102 e. The van der Waals surface area contributed by atoms with Gasteiger partial charge in [0.1, 0.15) is 6.04 Å². The van der Waals surface area contributed by atoms with E-state index in [2.05, 4.69) is 12.3 Å². The fourth-order valence-electron chi connectivity index (χ4n) is 0.519. The standard InChI is InChI=1S/C8H12N2/c1-4-5-8(2,3)7(10)6-9/h5,7H,1,10H2,2-3H3. The SMILES string of the molecule is C=C=CC(C)(C)C(N)C#N. The van der Waals surface area contributed by atoms with Crippen molar-refractivity contribution in [3.63, 3.8) is 0 Å². The highest BCUT2D eigenvalue weighted by atomic mass is 14.7. The number of nitriles is 1. The summed E-state index contributed by atoms with van der Waals surface area (Å²) < 4.78 is 0. The van der Waals surface area contributed by atoms with Crippen LogP contribution in [-0.4, -0.2) is 6.04 Å². The van der Waals surface area contributed by atoms with E-state index in [1.54, 1.807) is 6.08 Å². The molecule has 2 nitrogen and oxygen atoms in total. The first kappa shape index (κ1) is 8.97. The first-order chi connectivity index (χ1) is 4.54. The van der Waals surface area contributed by atoms with Gasteiger partial charge in [-0.1, -0.05) is 20.4 Å². The zero-order valence-corrected chi connectivity index (χ0v) is 6.39. The second kappa shape index (κ2) is 3.22. The fraction of sp³-hybridized carbons (Fsp3) is 0.500. The van der Waals surface area contributed by atoms with E-state index in [-0.39, 0.29) is 5.41 Å². The van der Waals surface area contributed by atoms with Crippen molar-refractivity contribution < 1.29 is 0 Å². The van der Waals surface area contributed by atoms with Gasteiger partial charge in [0.15, 0.2) is 0 Å².